The maximum absolute atomic E-state index is 11.9. The van der Waals surface area contributed by atoms with Crippen molar-refractivity contribution in [2.75, 3.05) is 13.2 Å². The quantitative estimate of drug-likeness (QED) is 0.512. The van der Waals surface area contributed by atoms with Crippen molar-refractivity contribution in [3.05, 3.63) is 58.4 Å². The van der Waals surface area contributed by atoms with Gasteiger partial charge in [-0.15, -0.1) is 0 Å². The van der Waals surface area contributed by atoms with E-state index in [4.69, 9.17) is 16.3 Å². The molecular formula is C21H26ClN3O3. The number of amides is 1. The number of aromatic nitrogens is 2. The first-order chi connectivity index (χ1) is 13.4. The summed E-state index contributed by atoms with van der Waals surface area (Å²) in [6, 6.07) is 9.84. The van der Waals surface area contributed by atoms with Gasteiger partial charge in [0.2, 0.25) is 0 Å². The second-order valence-corrected chi connectivity index (χ2v) is 7.26. The van der Waals surface area contributed by atoms with E-state index in [0.717, 1.165) is 12.0 Å². The van der Waals surface area contributed by atoms with E-state index >= 15 is 0 Å². The van der Waals surface area contributed by atoms with Crippen molar-refractivity contribution in [3.63, 3.8) is 0 Å². The van der Waals surface area contributed by atoms with Gasteiger partial charge in [-0.3, -0.25) is 4.79 Å². The van der Waals surface area contributed by atoms with Crippen molar-refractivity contribution in [2.24, 2.45) is 5.92 Å². The minimum absolute atomic E-state index is 0.304. The van der Waals surface area contributed by atoms with Gasteiger partial charge >= 0.3 is 5.97 Å². The fourth-order valence-corrected chi connectivity index (χ4v) is 2.80. The van der Waals surface area contributed by atoms with Crippen LogP contribution in [-0.4, -0.2) is 34.8 Å². The Balaban J connectivity index is 1.89. The minimum atomic E-state index is -0.606. The summed E-state index contributed by atoms with van der Waals surface area (Å²) in [5.74, 6) is -0.417. The number of rotatable bonds is 9. The fourth-order valence-electron chi connectivity index (χ4n) is 2.51. The van der Waals surface area contributed by atoms with Gasteiger partial charge in [0.05, 0.1) is 12.2 Å². The summed E-state index contributed by atoms with van der Waals surface area (Å²) in [6.07, 6.45) is 3.69. The molecule has 0 saturated heterocycles. The summed E-state index contributed by atoms with van der Waals surface area (Å²) < 4.78 is 6.64. The van der Waals surface area contributed by atoms with Crippen molar-refractivity contribution in [1.29, 1.82) is 0 Å². The van der Waals surface area contributed by atoms with Crippen LogP contribution in [0.4, 0.5) is 0 Å². The summed E-state index contributed by atoms with van der Waals surface area (Å²) >= 11 is 6.41. The van der Waals surface area contributed by atoms with Crippen LogP contribution in [0.3, 0.4) is 0 Å². The molecule has 0 bridgehead atoms. The van der Waals surface area contributed by atoms with Crippen molar-refractivity contribution >= 4 is 29.6 Å². The van der Waals surface area contributed by atoms with Gasteiger partial charge in [-0.25, -0.2) is 9.48 Å². The van der Waals surface area contributed by atoms with Crippen LogP contribution in [0.25, 0.3) is 6.08 Å². The van der Waals surface area contributed by atoms with Crippen LogP contribution in [0.1, 0.15) is 37.1 Å². The second-order valence-electron chi connectivity index (χ2n) is 6.91. The number of aryl methyl sites for hydroxylation is 1. The zero-order valence-corrected chi connectivity index (χ0v) is 17.2. The number of carbonyl (C=O) groups excluding carboxylic acids is 2. The van der Waals surface area contributed by atoms with Gasteiger partial charge in [0.1, 0.15) is 5.15 Å². The van der Waals surface area contributed by atoms with Crippen LogP contribution in [0.5, 0.6) is 0 Å². The lowest BCUT2D eigenvalue weighted by atomic mass is 10.1. The number of hydrogen-bond donors (Lipinski definition) is 1. The summed E-state index contributed by atoms with van der Waals surface area (Å²) in [5, 5.41) is 7.58. The van der Waals surface area contributed by atoms with Gasteiger partial charge < -0.3 is 10.1 Å². The molecule has 1 heterocycles. The smallest absolute Gasteiger partial charge is 0.331 e. The average Bonchev–Trinajstić information content (AvgIpc) is 2.92. The lowest BCUT2D eigenvalue weighted by molar-refractivity contribution is -0.143. The van der Waals surface area contributed by atoms with Gasteiger partial charge in [0.15, 0.2) is 6.61 Å². The molecule has 0 unspecified atom stereocenters. The molecule has 150 valence electrons. The van der Waals surface area contributed by atoms with Gasteiger partial charge in [-0.05, 0) is 30.9 Å². The lowest BCUT2D eigenvalue weighted by Gasteiger charge is -2.07. The van der Waals surface area contributed by atoms with Crippen molar-refractivity contribution in [3.8, 4) is 0 Å². The SMILES string of the molecule is Cc1nn(Cc2ccccc2)c(Cl)c1/C=C/C(=O)OCC(=O)NCCC(C)C. The molecule has 1 N–H and O–H groups in total. The third-order valence-corrected chi connectivity index (χ3v) is 4.46. The van der Waals surface area contributed by atoms with Crippen LogP contribution in [-0.2, 0) is 20.9 Å². The Hall–Kier alpha value is -2.60. The van der Waals surface area contributed by atoms with E-state index in [1.807, 2.05) is 37.3 Å². The van der Waals surface area contributed by atoms with Crippen LogP contribution in [0.15, 0.2) is 36.4 Å². The Labute approximate surface area is 170 Å². The van der Waals surface area contributed by atoms with Gasteiger partial charge in [-0.1, -0.05) is 55.8 Å². The Kier molecular flexibility index (Phi) is 8.26. The highest BCUT2D eigenvalue weighted by molar-refractivity contribution is 6.31. The zero-order chi connectivity index (χ0) is 20.5. The van der Waals surface area contributed by atoms with Gasteiger partial charge in [0.25, 0.3) is 5.91 Å². The predicted molar refractivity (Wildman–Crippen MR) is 110 cm³/mol. The first kappa shape index (κ1) is 21.7. The summed E-state index contributed by atoms with van der Waals surface area (Å²) in [7, 11) is 0. The van der Waals surface area contributed by atoms with Gasteiger partial charge in [-0.2, -0.15) is 5.10 Å². The van der Waals surface area contributed by atoms with E-state index in [9.17, 15) is 9.59 Å². The Morgan fingerprint density at radius 3 is 2.68 bits per heavy atom. The van der Waals surface area contributed by atoms with Crippen LogP contribution < -0.4 is 5.32 Å². The number of benzene rings is 1. The van der Waals surface area contributed by atoms with Crippen molar-refractivity contribution in [2.45, 2.75) is 33.7 Å². The number of carbonyl (C=O) groups is 2. The third-order valence-electron chi connectivity index (χ3n) is 4.06. The molecule has 1 aromatic heterocycles. The molecule has 7 heteroatoms. The maximum atomic E-state index is 11.9. The normalized spacial score (nSPS) is 11.2. The first-order valence-electron chi connectivity index (χ1n) is 9.25. The molecule has 0 aliphatic heterocycles. The summed E-state index contributed by atoms with van der Waals surface area (Å²) in [5.41, 5.74) is 2.43. The molecule has 2 aromatic rings. The summed E-state index contributed by atoms with van der Waals surface area (Å²) in [4.78, 5) is 23.5. The fraction of sp³-hybridized carbons (Fsp3) is 0.381. The third kappa shape index (κ3) is 6.85. The predicted octanol–water partition coefficient (Wildman–Crippen LogP) is 3.61. The molecular weight excluding hydrogens is 378 g/mol. The topological polar surface area (TPSA) is 73.2 Å². The number of ether oxygens (including phenoxy) is 1. The molecule has 2 rings (SSSR count). The molecule has 28 heavy (non-hydrogen) atoms. The van der Waals surface area contributed by atoms with Crippen molar-refractivity contribution in [1.82, 2.24) is 15.1 Å². The van der Waals surface area contributed by atoms with Crippen LogP contribution >= 0.6 is 11.6 Å². The maximum Gasteiger partial charge on any atom is 0.331 e. The molecule has 0 saturated carbocycles. The number of nitrogens with one attached hydrogen (secondary N) is 1. The van der Waals surface area contributed by atoms with E-state index in [-0.39, 0.29) is 12.5 Å². The molecule has 0 fully saturated rings. The molecule has 1 amide bonds. The number of halogens is 1. The molecule has 0 aliphatic carbocycles. The Morgan fingerprint density at radius 1 is 1.29 bits per heavy atom. The molecule has 0 aliphatic rings. The zero-order valence-electron chi connectivity index (χ0n) is 16.4. The highest BCUT2D eigenvalue weighted by Gasteiger charge is 2.12. The largest absolute Gasteiger partial charge is 0.452 e. The molecule has 0 spiro atoms. The summed E-state index contributed by atoms with van der Waals surface area (Å²) in [6.45, 7) is 6.77. The number of nitrogens with zero attached hydrogens (tertiary/aromatic N) is 2. The van der Waals surface area contributed by atoms with E-state index in [1.54, 1.807) is 10.8 Å². The van der Waals surface area contributed by atoms with E-state index in [1.165, 1.54) is 6.08 Å². The van der Waals surface area contributed by atoms with Gasteiger partial charge in [0, 0.05) is 18.2 Å². The highest BCUT2D eigenvalue weighted by Crippen LogP contribution is 2.22. The molecule has 1 aromatic carbocycles. The monoisotopic (exact) mass is 403 g/mol. The highest BCUT2D eigenvalue weighted by atomic mass is 35.5. The average molecular weight is 404 g/mol. The second kappa shape index (κ2) is 10.7. The molecule has 0 atom stereocenters. The van der Waals surface area contributed by atoms with Crippen LogP contribution in [0.2, 0.25) is 5.15 Å². The first-order valence-corrected chi connectivity index (χ1v) is 9.63. The molecule has 0 radical (unpaired) electrons. The molecule has 6 nitrogen and oxygen atoms in total. The Morgan fingerprint density at radius 2 is 2.00 bits per heavy atom. The van der Waals surface area contributed by atoms with Crippen LogP contribution in [0, 0.1) is 12.8 Å². The minimum Gasteiger partial charge on any atom is -0.452 e. The number of esters is 1. The van der Waals surface area contributed by atoms with E-state index < -0.39 is 5.97 Å². The lowest BCUT2D eigenvalue weighted by Crippen LogP contribution is -2.29. The Bertz CT molecular complexity index is 829. The standard InChI is InChI=1S/C21H26ClN3O3/c1-15(2)11-12-23-19(26)14-28-20(27)10-9-18-16(3)24-25(21(18)22)13-17-7-5-4-6-8-17/h4-10,15H,11-14H2,1-3H3,(H,23,26)/b10-9+. The van der Waals surface area contributed by atoms with Crippen molar-refractivity contribution < 1.29 is 14.3 Å². The number of hydrogen-bond acceptors (Lipinski definition) is 4. The van der Waals surface area contributed by atoms with E-state index in [0.29, 0.717) is 35.4 Å². The van der Waals surface area contributed by atoms with E-state index in [2.05, 4.69) is 24.3 Å².